The molecule has 0 spiro atoms. The largest absolute Gasteiger partial charge is 0.493 e. The zero-order chi connectivity index (χ0) is 12.5. The quantitative estimate of drug-likeness (QED) is 0.817. The monoisotopic (exact) mass is 251 g/mol. The van der Waals surface area contributed by atoms with Crippen molar-refractivity contribution >= 4 is 23.0 Å². The summed E-state index contributed by atoms with van der Waals surface area (Å²) in [7, 11) is 1.69. The van der Waals surface area contributed by atoms with E-state index in [4.69, 9.17) is 4.74 Å². The Bertz CT molecular complexity index is 446. The van der Waals surface area contributed by atoms with Crippen LogP contribution in [0.1, 0.15) is 29.5 Å². The molecule has 4 heteroatoms. The van der Waals surface area contributed by atoms with Crippen LogP contribution in [0.25, 0.3) is 5.76 Å². The summed E-state index contributed by atoms with van der Waals surface area (Å²) in [4.78, 5) is 14.0. The molecule has 1 saturated carbocycles. The smallest absolute Gasteiger partial charge is 0.231 e. The zero-order valence-corrected chi connectivity index (χ0v) is 11.0. The van der Waals surface area contributed by atoms with Crippen molar-refractivity contribution in [1.29, 1.82) is 0 Å². The summed E-state index contributed by atoms with van der Waals surface area (Å²) in [6.07, 6.45) is 1.88. The number of thiophene rings is 1. The van der Waals surface area contributed by atoms with Crippen LogP contribution in [0, 0.1) is 0 Å². The van der Waals surface area contributed by atoms with Crippen LogP contribution in [-0.4, -0.2) is 19.6 Å². The lowest BCUT2D eigenvalue weighted by Gasteiger charge is -2.10. The van der Waals surface area contributed by atoms with Gasteiger partial charge in [0, 0.05) is 11.9 Å². The van der Waals surface area contributed by atoms with Crippen LogP contribution >= 0.6 is 11.3 Å². The first-order chi connectivity index (χ1) is 8.14. The standard InChI is InChI=1S/C13H17NO2S/c1-4-16-9(2)10-5-6-11(17-10)13(7-8-13)12(15)14-3/h5-6H,2,4,7-8H2,1,3H3,(H,14,15). The Balaban J connectivity index is 2.19. The second kappa shape index (κ2) is 4.53. The van der Waals surface area contributed by atoms with Crippen LogP contribution in [0.3, 0.4) is 0 Å². The molecule has 1 N–H and O–H groups in total. The fourth-order valence-corrected chi connectivity index (χ4v) is 3.11. The minimum Gasteiger partial charge on any atom is -0.493 e. The van der Waals surface area contributed by atoms with Gasteiger partial charge in [-0.05, 0) is 31.9 Å². The maximum Gasteiger partial charge on any atom is 0.231 e. The number of likely N-dealkylation sites (N-methyl/N-ethyl adjacent to an activating group) is 1. The first-order valence-electron chi connectivity index (χ1n) is 5.78. The minimum atomic E-state index is -0.274. The molecule has 0 bridgehead atoms. The van der Waals surface area contributed by atoms with Gasteiger partial charge in [0.2, 0.25) is 5.91 Å². The van der Waals surface area contributed by atoms with Gasteiger partial charge in [0.15, 0.2) is 0 Å². The summed E-state index contributed by atoms with van der Waals surface area (Å²) in [6.45, 7) is 6.44. The first kappa shape index (κ1) is 12.2. The van der Waals surface area contributed by atoms with Crippen LogP contribution in [0.2, 0.25) is 0 Å². The summed E-state index contributed by atoms with van der Waals surface area (Å²) in [6, 6.07) is 4.01. The van der Waals surface area contributed by atoms with E-state index in [9.17, 15) is 4.79 Å². The number of nitrogens with one attached hydrogen (secondary N) is 1. The highest BCUT2D eigenvalue weighted by atomic mass is 32.1. The minimum absolute atomic E-state index is 0.118. The zero-order valence-electron chi connectivity index (χ0n) is 10.2. The van der Waals surface area contributed by atoms with E-state index in [1.165, 1.54) is 0 Å². The predicted octanol–water partition coefficient (Wildman–Crippen LogP) is 2.53. The molecular weight excluding hydrogens is 234 g/mol. The number of hydrogen-bond acceptors (Lipinski definition) is 3. The molecule has 1 heterocycles. The van der Waals surface area contributed by atoms with E-state index >= 15 is 0 Å². The van der Waals surface area contributed by atoms with Gasteiger partial charge >= 0.3 is 0 Å². The molecule has 0 aromatic carbocycles. The van der Waals surface area contributed by atoms with Gasteiger partial charge in [-0.2, -0.15) is 0 Å². The van der Waals surface area contributed by atoms with Gasteiger partial charge in [0.25, 0.3) is 0 Å². The average Bonchev–Trinajstić information content (AvgIpc) is 2.99. The van der Waals surface area contributed by atoms with Gasteiger partial charge in [-0.1, -0.05) is 6.58 Å². The summed E-state index contributed by atoms with van der Waals surface area (Å²) in [5.74, 6) is 0.810. The number of ether oxygens (including phenoxy) is 1. The van der Waals surface area contributed by atoms with Gasteiger partial charge in [0.05, 0.1) is 16.9 Å². The Morgan fingerprint density at radius 3 is 2.82 bits per heavy atom. The van der Waals surface area contributed by atoms with Crippen LogP contribution in [0.4, 0.5) is 0 Å². The molecule has 3 nitrogen and oxygen atoms in total. The molecule has 1 aromatic rings. The predicted molar refractivity (Wildman–Crippen MR) is 70.0 cm³/mol. The van der Waals surface area contributed by atoms with E-state index in [2.05, 4.69) is 11.9 Å². The maximum atomic E-state index is 11.8. The highest BCUT2D eigenvalue weighted by Gasteiger charge is 2.51. The van der Waals surface area contributed by atoms with Gasteiger partial charge in [0.1, 0.15) is 5.76 Å². The van der Waals surface area contributed by atoms with Crippen molar-refractivity contribution in [2.75, 3.05) is 13.7 Å². The Hall–Kier alpha value is -1.29. The molecule has 0 radical (unpaired) electrons. The lowest BCUT2D eigenvalue weighted by Crippen LogP contribution is -2.31. The van der Waals surface area contributed by atoms with Crippen LogP contribution in [0.15, 0.2) is 18.7 Å². The molecule has 2 rings (SSSR count). The van der Waals surface area contributed by atoms with E-state index in [0.717, 1.165) is 22.6 Å². The number of rotatable bonds is 5. The van der Waals surface area contributed by atoms with E-state index in [-0.39, 0.29) is 11.3 Å². The molecule has 17 heavy (non-hydrogen) atoms. The van der Waals surface area contributed by atoms with Gasteiger partial charge in [-0.15, -0.1) is 11.3 Å². The Kier molecular flexibility index (Phi) is 3.24. The van der Waals surface area contributed by atoms with Crippen molar-refractivity contribution in [2.24, 2.45) is 0 Å². The van der Waals surface area contributed by atoms with Crippen molar-refractivity contribution in [1.82, 2.24) is 5.32 Å². The van der Waals surface area contributed by atoms with E-state index in [1.54, 1.807) is 18.4 Å². The molecular formula is C13H17NO2S. The SMILES string of the molecule is C=C(OCC)c1ccc(C2(C(=O)NC)CC2)s1. The fraction of sp³-hybridized carbons (Fsp3) is 0.462. The van der Waals surface area contributed by atoms with Crippen molar-refractivity contribution in [3.05, 3.63) is 28.5 Å². The van der Waals surface area contributed by atoms with Crippen molar-refractivity contribution < 1.29 is 9.53 Å². The molecule has 1 aliphatic carbocycles. The maximum absolute atomic E-state index is 11.8. The average molecular weight is 251 g/mol. The normalized spacial score (nSPS) is 16.4. The number of carbonyl (C=O) groups is 1. The Morgan fingerprint density at radius 1 is 1.59 bits per heavy atom. The fourth-order valence-electron chi connectivity index (χ4n) is 1.94. The Morgan fingerprint density at radius 2 is 2.29 bits per heavy atom. The summed E-state index contributed by atoms with van der Waals surface area (Å²) in [5.41, 5.74) is -0.274. The van der Waals surface area contributed by atoms with Gasteiger partial charge in [-0.3, -0.25) is 4.79 Å². The number of amides is 1. The van der Waals surface area contributed by atoms with Gasteiger partial charge in [-0.25, -0.2) is 0 Å². The third kappa shape index (κ3) is 2.09. The lowest BCUT2D eigenvalue weighted by atomic mass is 10.0. The van der Waals surface area contributed by atoms with Crippen molar-refractivity contribution in [2.45, 2.75) is 25.2 Å². The van der Waals surface area contributed by atoms with Gasteiger partial charge < -0.3 is 10.1 Å². The van der Waals surface area contributed by atoms with E-state index in [1.807, 2.05) is 19.1 Å². The molecule has 0 saturated heterocycles. The summed E-state index contributed by atoms with van der Waals surface area (Å²) < 4.78 is 5.38. The summed E-state index contributed by atoms with van der Waals surface area (Å²) in [5, 5.41) is 2.74. The second-order valence-electron chi connectivity index (χ2n) is 4.18. The molecule has 1 fully saturated rings. The first-order valence-corrected chi connectivity index (χ1v) is 6.60. The molecule has 1 aliphatic rings. The molecule has 92 valence electrons. The molecule has 1 amide bonds. The molecule has 1 aromatic heterocycles. The van der Waals surface area contributed by atoms with Crippen LogP contribution < -0.4 is 5.32 Å². The lowest BCUT2D eigenvalue weighted by molar-refractivity contribution is -0.123. The molecule has 0 atom stereocenters. The third-order valence-corrected chi connectivity index (χ3v) is 4.41. The van der Waals surface area contributed by atoms with E-state index in [0.29, 0.717) is 12.4 Å². The second-order valence-corrected chi connectivity index (χ2v) is 5.27. The van der Waals surface area contributed by atoms with Crippen LogP contribution in [-0.2, 0) is 14.9 Å². The third-order valence-electron chi connectivity index (χ3n) is 3.08. The number of carbonyl (C=O) groups excluding carboxylic acids is 1. The van der Waals surface area contributed by atoms with E-state index < -0.39 is 0 Å². The Labute approximate surface area is 105 Å². The molecule has 0 unspecified atom stereocenters. The van der Waals surface area contributed by atoms with Crippen molar-refractivity contribution in [3.63, 3.8) is 0 Å². The number of hydrogen-bond donors (Lipinski definition) is 1. The molecule has 0 aliphatic heterocycles. The highest BCUT2D eigenvalue weighted by Crippen LogP contribution is 2.51. The highest BCUT2D eigenvalue weighted by molar-refractivity contribution is 7.13. The topological polar surface area (TPSA) is 38.3 Å². The summed E-state index contributed by atoms with van der Waals surface area (Å²) >= 11 is 1.61. The van der Waals surface area contributed by atoms with Crippen LogP contribution in [0.5, 0.6) is 0 Å². The van der Waals surface area contributed by atoms with Crippen molar-refractivity contribution in [3.8, 4) is 0 Å².